The summed E-state index contributed by atoms with van der Waals surface area (Å²) in [7, 11) is 0. The second kappa shape index (κ2) is 6.95. The van der Waals surface area contributed by atoms with E-state index in [-0.39, 0.29) is 18.1 Å². The highest BCUT2D eigenvalue weighted by molar-refractivity contribution is 5.89. The number of benzene rings is 1. The van der Waals surface area contributed by atoms with E-state index in [1.165, 1.54) is 0 Å². The number of carbonyl (C=O) groups is 1. The third-order valence-corrected chi connectivity index (χ3v) is 3.14. The van der Waals surface area contributed by atoms with Gasteiger partial charge >= 0.3 is 6.03 Å². The minimum atomic E-state index is -0.240. The summed E-state index contributed by atoms with van der Waals surface area (Å²) in [4.78, 5) is 11.9. The molecular formula is C16H21N3O2. The largest absolute Gasteiger partial charge is 0.469 e. The Morgan fingerprint density at radius 2 is 2.10 bits per heavy atom. The van der Waals surface area contributed by atoms with Crippen LogP contribution in [0.2, 0.25) is 0 Å². The average Bonchev–Trinajstić information content (AvgIpc) is 2.91. The lowest BCUT2D eigenvalue weighted by Crippen LogP contribution is -2.37. The van der Waals surface area contributed by atoms with Crippen LogP contribution < -0.4 is 16.4 Å². The molecule has 0 radical (unpaired) electrons. The molecule has 0 aliphatic heterocycles. The van der Waals surface area contributed by atoms with Gasteiger partial charge in [-0.1, -0.05) is 12.1 Å². The highest BCUT2D eigenvalue weighted by Gasteiger charge is 2.10. The number of nitrogens with one attached hydrogen (secondary N) is 2. The molecule has 0 aliphatic rings. The zero-order valence-corrected chi connectivity index (χ0v) is 12.3. The molecule has 5 nitrogen and oxygen atoms in total. The van der Waals surface area contributed by atoms with Crippen LogP contribution in [0, 0.1) is 0 Å². The Labute approximate surface area is 124 Å². The molecule has 112 valence electrons. The van der Waals surface area contributed by atoms with Gasteiger partial charge in [-0.2, -0.15) is 0 Å². The number of hydrogen-bond donors (Lipinski definition) is 3. The fourth-order valence-electron chi connectivity index (χ4n) is 2.07. The minimum Gasteiger partial charge on any atom is -0.469 e. The minimum absolute atomic E-state index is 0.0206. The van der Waals surface area contributed by atoms with E-state index in [1.54, 1.807) is 6.26 Å². The second-order valence-corrected chi connectivity index (χ2v) is 5.20. The highest BCUT2D eigenvalue weighted by atomic mass is 16.3. The van der Waals surface area contributed by atoms with Crippen molar-refractivity contribution < 1.29 is 9.21 Å². The van der Waals surface area contributed by atoms with Gasteiger partial charge in [-0.3, -0.25) is 0 Å². The molecule has 2 aromatic rings. The second-order valence-electron chi connectivity index (χ2n) is 5.20. The zero-order valence-electron chi connectivity index (χ0n) is 12.3. The quantitative estimate of drug-likeness (QED) is 0.790. The number of rotatable bonds is 5. The Hall–Kier alpha value is -2.27. The van der Waals surface area contributed by atoms with Crippen LogP contribution in [0.25, 0.3) is 0 Å². The molecule has 21 heavy (non-hydrogen) atoms. The van der Waals surface area contributed by atoms with Crippen LogP contribution >= 0.6 is 0 Å². The van der Waals surface area contributed by atoms with E-state index in [2.05, 4.69) is 10.6 Å². The number of furan rings is 1. The van der Waals surface area contributed by atoms with Crippen LogP contribution in [0.1, 0.15) is 31.2 Å². The van der Waals surface area contributed by atoms with Crippen LogP contribution in [0.15, 0.2) is 47.1 Å². The van der Waals surface area contributed by atoms with Crippen LogP contribution in [0.3, 0.4) is 0 Å². The standard InChI is InChI=1S/C16H21N3O2/c1-11(9-15-7-4-8-21-15)18-16(20)19-14-6-3-5-13(10-14)12(2)17/h3-8,10-12H,9,17H2,1-2H3,(H2,18,19,20). The number of urea groups is 1. The first kappa shape index (κ1) is 15.1. The molecular weight excluding hydrogens is 266 g/mol. The van der Waals surface area contributed by atoms with Gasteiger partial charge in [-0.15, -0.1) is 0 Å². The van der Waals surface area contributed by atoms with Crippen molar-refractivity contribution in [2.75, 3.05) is 5.32 Å². The molecule has 2 amide bonds. The first-order valence-corrected chi connectivity index (χ1v) is 7.00. The topological polar surface area (TPSA) is 80.3 Å². The lowest BCUT2D eigenvalue weighted by Gasteiger charge is -2.14. The molecule has 5 heteroatoms. The lowest BCUT2D eigenvalue weighted by molar-refractivity contribution is 0.248. The van der Waals surface area contributed by atoms with Crippen LogP contribution in [0.5, 0.6) is 0 Å². The highest BCUT2D eigenvalue weighted by Crippen LogP contribution is 2.15. The molecule has 0 fully saturated rings. The van der Waals surface area contributed by atoms with E-state index >= 15 is 0 Å². The Bertz CT molecular complexity index is 579. The van der Waals surface area contributed by atoms with E-state index in [0.29, 0.717) is 6.42 Å². The van der Waals surface area contributed by atoms with Gasteiger partial charge in [0.25, 0.3) is 0 Å². The normalized spacial score (nSPS) is 13.5. The fourth-order valence-corrected chi connectivity index (χ4v) is 2.07. The van der Waals surface area contributed by atoms with Crippen molar-refractivity contribution in [1.29, 1.82) is 0 Å². The van der Waals surface area contributed by atoms with Gasteiger partial charge < -0.3 is 20.8 Å². The molecule has 0 bridgehead atoms. The number of amides is 2. The molecule has 0 aliphatic carbocycles. The van der Waals surface area contributed by atoms with Gasteiger partial charge in [0, 0.05) is 24.2 Å². The van der Waals surface area contributed by atoms with Crippen molar-refractivity contribution in [3.8, 4) is 0 Å². The maximum absolute atomic E-state index is 11.9. The number of hydrogen-bond acceptors (Lipinski definition) is 3. The van der Waals surface area contributed by atoms with Crippen LogP contribution in [-0.2, 0) is 6.42 Å². The number of carbonyl (C=O) groups excluding carboxylic acids is 1. The Morgan fingerprint density at radius 1 is 1.29 bits per heavy atom. The monoisotopic (exact) mass is 287 g/mol. The molecule has 2 atom stereocenters. The van der Waals surface area contributed by atoms with Crippen molar-refractivity contribution in [3.63, 3.8) is 0 Å². The van der Waals surface area contributed by atoms with E-state index in [0.717, 1.165) is 17.0 Å². The zero-order chi connectivity index (χ0) is 15.2. The summed E-state index contributed by atoms with van der Waals surface area (Å²) in [6.07, 6.45) is 2.28. The van der Waals surface area contributed by atoms with Crippen LogP contribution in [-0.4, -0.2) is 12.1 Å². The number of nitrogens with two attached hydrogens (primary N) is 1. The third-order valence-electron chi connectivity index (χ3n) is 3.14. The molecule has 2 rings (SSSR count). The summed E-state index contributed by atoms with van der Waals surface area (Å²) in [6.45, 7) is 3.84. The SMILES string of the molecule is CC(Cc1ccco1)NC(=O)Nc1cccc(C(C)N)c1. The van der Waals surface area contributed by atoms with Gasteiger partial charge in [0.05, 0.1) is 6.26 Å². The first-order valence-electron chi connectivity index (χ1n) is 7.00. The predicted molar refractivity (Wildman–Crippen MR) is 83.1 cm³/mol. The van der Waals surface area contributed by atoms with E-state index in [4.69, 9.17) is 10.2 Å². The van der Waals surface area contributed by atoms with Gasteiger partial charge in [0.15, 0.2) is 0 Å². The van der Waals surface area contributed by atoms with Crippen molar-refractivity contribution in [1.82, 2.24) is 5.32 Å². The Morgan fingerprint density at radius 3 is 2.76 bits per heavy atom. The molecule has 0 saturated carbocycles. The van der Waals surface area contributed by atoms with E-state index < -0.39 is 0 Å². The van der Waals surface area contributed by atoms with Crippen molar-refractivity contribution >= 4 is 11.7 Å². The molecule has 4 N–H and O–H groups in total. The summed E-state index contributed by atoms with van der Waals surface area (Å²) in [5.74, 6) is 0.849. The van der Waals surface area contributed by atoms with Gasteiger partial charge in [0.2, 0.25) is 0 Å². The molecule has 1 aromatic heterocycles. The molecule has 1 heterocycles. The predicted octanol–water partition coefficient (Wildman–Crippen LogP) is 3.05. The lowest BCUT2D eigenvalue weighted by atomic mass is 10.1. The average molecular weight is 287 g/mol. The molecule has 0 spiro atoms. The van der Waals surface area contributed by atoms with E-state index in [9.17, 15) is 4.79 Å². The van der Waals surface area contributed by atoms with Gasteiger partial charge in [-0.25, -0.2) is 4.79 Å². The van der Waals surface area contributed by atoms with Crippen molar-refractivity contribution in [2.24, 2.45) is 5.73 Å². The maximum Gasteiger partial charge on any atom is 0.319 e. The maximum atomic E-state index is 11.9. The number of anilines is 1. The first-order chi connectivity index (χ1) is 10.0. The van der Waals surface area contributed by atoms with Crippen LogP contribution in [0.4, 0.5) is 10.5 Å². The summed E-state index contributed by atoms with van der Waals surface area (Å²) in [5.41, 5.74) is 7.54. The summed E-state index contributed by atoms with van der Waals surface area (Å²) in [6, 6.07) is 10.9. The van der Waals surface area contributed by atoms with Gasteiger partial charge in [-0.05, 0) is 43.7 Å². The molecule has 1 aromatic carbocycles. The smallest absolute Gasteiger partial charge is 0.319 e. The summed E-state index contributed by atoms with van der Waals surface area (Å²) >= 11 is 0. The third kappa shape index (κ3) is 4.65. The fraction of sp³-hybridized carbons (Fsp3) is 0.312. The molecule has 0 saturated heterocycles. The van der Waals surface area contributed by atoms with Gasteiger partial charge in [0.1, 0.15) is 5.76 Å². The Balaban J connectivity index is 1.88. The summed E-state index contributed by atoms with van der Waals surface area (Å²) < 4.78 is 5.26. The molecule has 2 unspecified atom stereocenters. The summed E-state index contributed by atoms with van der Waals surface area (Å²) in [5, 5.41) is 5.69. The van der Waals surface area contributed by atoms with Crippen molar-refractivity contribution in [3.05, 3.63) is 54.0 Å². The van der Waals surface area contributed by atoms with E-state index in [1.807, 2.05) is 50.2 Å². The Kier molecular flexibility index (Phi) is 5.00. The van der Waals surface area contributed by atoms with Crippen molar-refractivity contribution in [2.45, 2.75) is 32.4 Å².